The van der Waals surface area contributed by atoms with E-state index in [4.69, 9.17) is 9.29 Å². The van der Waals surface area contributed by atoms with E-state index in [0.29, 0.717) is 19.6 Å². The molecule has 0 bridgehead atoms. The van der Waals surface area contributed by atoms with Crippen molar-refractivity contribution in [3.8, 4) is 0 Å². The van der Waals surface area contributed by atoms with E-state index in [1.165, 1.54) is 12.1 Å². The lowest BCUT2D eigenvalue weighted by molar-refractivity contribution is -0.433. The van der Waals surface area contributed by atoms with E-state index in [1.807, 2.05) is 65.0 Å². The molecule has 1 aromatic rings. The molecule has 3 rings (SSSR count). The topological polar surface area (TPSA) is 154 Å². The molecule has 0 radical (unpaired) electrons. The van der Waals surface area contributed by atoms with Gasteiger partial charge in [-0.3, -0.25) is 18.9 Å². The van der Waals surface area contributed by atoms with Crippen LogP contribution in [-0.2, 0) is 35.2 Å². The number of hydrogen-bond acceptors (Lipinski definition) is 8. The van der Waals surface area contributed by atoms with Gasteiger partial charge in [0.2, 0.25) is 5.69 Å². The van der Waals surface area contributed by atoms with Crippen molar-refractivity contribution in [3.63, 3.8) is 0 Å². The standard InChI is InChI=1S/C30H41N3O8S2/c1-7-32-25-16-15-23(43(38,39)40)21-24(25)29(4,5)26(32)13-10-9-11-14-27-30(6,18-17-28(34)41-8-2)22(3)31-33(27)19-12-20-42(35,36)37/h9-11,13-16,21H,7-8,12,17-20H2,1-6H3,(H-,35,36,37,38,39,40)/p+1. The molecule has 0 saturated heterocycles. The minimum atomic E-state index is -4.34. The van der Waals surface area contributed by atoms with Crippen LogP contribution in [0.25, 0.3) is 0 Å². The predicted molar refractivity (Wildman–Crippen MR) is 166 cm³/mol. The third-order valence-electron chi connectivity index (χ3n) is 8.03. The molecule has 0 spiro atoms. The van der Waals surface area contributed by atoms with Gasteiger partial charge < -0.3 is 4.74 Å². The number of allylic oxidation sites excluding steroid dienone is 6. The number of carbonyl (C=O) groups is 1. The van der Waals surface area contributed by atoms with Crippen LogP contribution in [-0.4, -0.2) is 78.4 Å². The van der Waals surface area contributed by atoms with Crippen molar-refractivity contribution in [2.45, 2.75) is 71.1 Å². The summed E-state index contributed by atoms with van der Waals surface area (Å²) in [7, 11) is -8.45. The number of rotatable bonds is 13. The molecule has 13 heteroatoms. The van der Waals surface area contributed by atoms with Gasteiger partial charge in [0.15, 0.2) is 5.71 Å². The maximum Gasteiger partial charge on any atom is 0.305 e. The Kier molecular flexibility index (Phi) is 10.6. The Morgan fingerprint density at radius 3 is 2.40 bits per heavy atom. The van der Waals surface area contributed by atoms with Crippen molar-refractivity contribution in [2.75, 3.05) is 25.4 Å². The number of ether oxygens (including phenoxy) is 1. The van der Waals surface area contributed by atoms with Crippen LogP contribution < -0.4 is 0 Å². The van der Waals surface area contributed by atoms with Gasteiger partial charge >= 0.3 is 5.97 Å². The van der Waals surface area contributed by atoms with Crippen molar-refractivity contribution in [2.24, 2.45) is 10.5 Å². The molecular weight excluding hydrogens is 594 g/mol. The van der Waals surface area contributed by atoms with Gasteiger partial charge in [0.05, 0.1) is 22.7 Å². The van der Waals surface area contributed by atoms with E-state index in [2.05, 4.69) is 9.68 Å². The number of carbonyl (C=O) groups excluding carboxylic acids is 1. The zero-order chi connectivity index (χ0) is 32.2. The second-order valence-electron chi connectivity index (χ2n) is 11.3. The van der Waals surface area contributed by atoms with Gasteiger partial charge in [-0.05, 0) is 72.6 Å². The first-order chi connectivity index (χ1) is 20.0. The van der Waals surface area contributed by atoms with E-state index < -0.39 is 31.1 Å². The summed E-state index contributed by atoms with van der Waals surface area (Å²) in [6, 6.07) is 4.63. The number of benzene rings is 1. The summed E-state index contributed by atoms with van der Waals surface area (Å²) in [5.74, 6) is -0.694. The van der Waals surface area contributed by atoms with Crippen LogP contribution in [0.2, 0.25) is 0 Å². The van der Waals surface area contributed by atoms with Crippen LogP contribution >= 0.6 is 0 Å². The van der Waals surface area contributed by atoms with E-state index in [1.54, 1.807) is 18.0 Å². The first-order valence-corrected chi connectivity index (χ1v) is 17.3. The van der Waals surface area contributed by atoms with Gasteiger partial charge in [0, 0.05) is 47.5 Å². The van der Waals surface area contributed by atoms with Gasteiger partial charge in [-0.15, -0.1) is 0 Å². The molecule has 2 heterocycles. The van der Waals surface area contributed by atoms with Crippen molar-refractivity contribution in [1.82, 2.24) is 5.01 Å². The highest BCUT2D eigenvalue weighted by molar-refractivity contribution is 7.86. The highest BCUT2D eigenvalue weighted by atomic mass is 32.2. The number of hydrogen-bond donors (Lipinski definition) is 2. The first-order valence-electron chi connectivity index (χ1n) is 14.2. The Morgan fingerprint density at radius 1 is 1.09 bits per heavy atom. The SMILES string of the molecule is CCOC(=O)CCC1(C)C(C)=NN(CCCS(=O)(=O)O)\C1=C/C=C/C=C/C1=[N+](CC)c2ccc(S(=O)(=O)O)cc2C1(C)C. The maximum atomic E-state index is 12.1. The molecule has 1 unspecified atom stereocenters. The highest BCUT2D eigenvalue weighted by Gasteiger charge is 2.44. The third kappa shape index (κ3) is 7.88. The van der Waals surface area contributed by atoms with Gasteiger partial charge in [-0.1, -0.05) is 18.2 Å². The summed E-state index contributed by atoms with van der Waals surface area (Å²) in [4.78, 5) is 12.0. The Balaban J connectivity index is 1.89. The molecule has 1 aromatic carbocycles. The van der Waals surface area contributed by atoms with Crippen LogP contribution in [0.4, 0.5) is 5.69 Å². The molecule has 2 aliphatic rings. The fourth-order valence-electron chi connectivity index (χ4n) is 5.56. The van der Waals surface area contributed by atoms with Gasteiger partial charge in [-0.25, -0.2) is 0 Å². The number of hydrazone groups is 1. The molecule has 0 fully saturated rings. The van der Waals surface area contributed by atoms with Gasteiger partial charge in [-0.2, -0.15) is 26.5 Å². The number of nitrogens with zero attached hydrogens (tertiary/aromatic N) is 3. The highest BCUT2D eigenvalue weighted by Crippen LogP contribution is 2.42. The van der Waals surface area contributed by atoms with Crippen molar-refractivity contribution in [3.05, 3.63) is 59.8 Å². The fraction of sp³-hybridized carbons (Fsp3) is 0.500. The van der Waals surface area contributed by atoms with Crippen molar-refractivity contribution < 1.29 is 40.0 Å². The Labute approximate surface area is 254 Å². The summed E-state index contributed by atoms with van der Waals surface area (Å²) in [6.07, 6.45) is 10.2. The van der Waals surface area contributed by atoms with Gasteiger partial charge in [0.1, 0.15) is 6.54 Å². The largest absolute Gasteiger partial charge is 0.466 e. The van der Waals surface area contributed by atoms with E-state index in [0.717, 1.165) is 28.4 Å². The molecular formula is C30H42N3O8S2+. The lowest BCUT2D eigenvalue weighted by atomic mass is 9.78. The normalized spacial score (nSPS) is 21.3. The molecule has 2 N–H and O–H groups in total. The fourth-order valence-corrected chi connectivity index (χ4v) is 6.56. The van der Waals surface area contributed by atoms with Gasteiger partial charge in [0.25, 0.3) is 20.2 Å². The number of fused-ring (bicyclic) bond motifs is 1. The summed E-state index contributed by atoms with van der Waals surface area (Å²) in [6.45, 7) is 12.8. The van der Waals surface area contributed by atoms with E-state index in [-0.39, 0.29) is 36.0 Å². The maximum absolute atomic E-state index is 12.1. The molecule has 11 nitrogen and oxygen atoms in total. The molecule has 0 aliphatic carbocycles. The van der Waals surface area contributed by atoms with Crippen LogP contribution in [0, 0.1) is 5.41 Å². The molecule has 0 aromatic heterocycles. The van der Waals surface area contributed by atoms with Crippen LogP contribution in [0.1, 0.15) is 66.4 Å². The van der Waals surface area contributed by atoms with Crippen LogP contribution in [0.5, 0.6) is 0 Å². The smallest absolute Gasteiger partial charge is 0.305 e. The zero-order valence-electron chi connectivity index (χ0n) is 25.6. The minimum absolute atomic E-state index is 0.145. The Bertz CT molecular complexity index is 1620. The molecule has 236 valence electrons. The zero-order valence-corrected chi connectivity index (χ0v) is 27.2. The summed E-state index contributed by atoms with van der Waals surface area (Å²) < 4.78 is 72.0. The molecule has 0 saturated carbocycles. The second kappa shape index (κ2) is 13.2. The lowest BCUT2D eigenvalue weighted by Gasteiger charge is -2.29. The van der Waals surface area contributed by atoms with Crippen LogP contribution in [0.15, 0.2) is 64.3 Å². The number of esters is 1. The lowest BCUT2D eigenvalue weighted by Crippen LogP contribution is -2.29. The summed E-state index contributed by atoms with van der Waals surface area (Å²) in [5, 5.41) is 6.36. The molecule has 43 heavy (non-hydrogen) atoms. The minimum Gasteiger partial charge on any atom is -0.466 e. The quantitative estimate of drug-likeness (QED) is 0.136. The second-order valence-corrected chi connectivity index (χ2v) is 14.3. The predicted octanol–water partition coefficient (Wildman–Crippen LogP) is 4.64. The van der Waals surface area contributed by atoms with Crippen LogP contribution in [0.3, 0.4) is 0 Å². The first kappa shape index (κ1) is 34.4. The molecule has 0 amide bonds. The molecule has 2 aliphatic heterocycles. The summed E-state index contributed by atoms with van der Waals surface area (Å²) in [5.41, 5.74) is 3.09. The monoisotopic (exact) mass is 636 g/mol. The Morgan fingerprint density at radius 2 is 1.79 bits per heavy atom. The molecule has 1 atom stereocenters. The Hall–Kier alpha value is -3.13. The average Bonchev–Trinajstić information content (AvgIpc) is 3.27. The van der Waals surface area contributed by atoms with Crippen molar-refractivity contribution >= 4 is 43.3 Å². The van der Waals surface area contributed by atoms with E-state index >= 15 is 0 Å². The van der Waals surface area contributed by atoms with Crippen molar-refractivity contribution in [1.29, 1.82) is 0 Å². The average molecular weight is 637 g/mol. The summed E-state index contributed by atoms with van der Waals surface area (Å²) >= 11 is 0. The third-order valence-corrected chi connectivity index (χ3v) is 9.68. The van der Waals surface area contributed by atoms with E-state index in [9.17, 15) is 26.2 Å².